The third-order valence-corrected chi connectivity index (χ3v) is 4.67. The minimum Gasteiger partial charge on any atom is -0.467 e. The fourth-order valence-electron chi connectivity index (χ4n) is 3.17. The number of carbonyl (C=O) groups is 2. The van der Waals surface area contributed by atoms with Crippen LogP contribution >= 0.6 is 0 Å². The number of rotatable bonds is 5. The standard InChI is InChI=1S/C22H23NO3/c1-26-22(25)20(23-21(24)19-10-6-3-7-11-19)18-14-12-17(13-15-18)16-8-4-2-5-9-16/h2,4-6,8-10,12-15,19-20H,3,7,11H2,1H3,(H,23,24). The summed E-state index contributed by atoms with van der Waals surface area (Å²) in [6.45, 7) is 0. The maximum atomic E-state index is 12.5. The number of hydrogen-bond donors (Lipinski definition) is 1. The first-order valence-electron chi connectivity index (χ1n) is 8.89. The first kappa shape index (κ1) is 17.9. The van der Waals surface area contributed by atoms with Crippen LogP contribution in [0.2, 0.25) is 0 Å². The van der Waals surface area contributed by atoms with Gasteiger partial charge >= 0.3 is 5.97 Å². The van der Waals surface area contributed by atoms with E-state index in [4.69, 9.17) is 4.74 Å². The van der Waals surface area contributed by atoms with Crippen molar-refractivity contribution in [2.75, 3.05) is 7.11 Å². The highest BCUT2D eigenvalue weighted by Gasteiger charge is 2.27. The van der Waals surface area contributed by atoms with E-state index in [1.54, 1.807) is 0 Å². The fourth-order valence-corrected chi connectivity index (χ4v) is 3.17. The molecule has 1 N–H and O–H groups in total. The molecule has 1 aliphatic rings. The van der Waals surface area contributed by atoms with Crippen molar-refractivity contribution in [2.45, 2.75) is 25.3 Å². The number of carbonyl (C=O) groups excluding carboxylic acids is 2. The van der Waals surface area contributed by atoms with E-state index >= 15 is 0 Å². The van der Waals surface area contributed by atoms with Crippen LogP contribution in [0, 0.1) is 5.92 Å². The summed E-state index contributed by atoms with van der Waals surface area (Å²) in [4.78, 5) is 24.8. The van der Waals surface area contributed by atoms with Gasteiger partial charge < -0.3 is 10.1 Å². The number of esters is 1. The highest BCUT2D eigenvalue weighted by molar-refractivity contribution is 5.87. The third kappa shape index (κ3) is 4.20. The number of benzene rings is 2. The van der Waals surface area contributed by atoms with Crippen LogP contribution in [-0.2, 0) is 14.3 Å². The Hall–Kier alpha value is -2.88. The van der Waals surface area contributed by atoms with Crippen LogP contribution in [0.1, 0.15) is 30.9 Å². The quantitative estimate of drug-likeness (QED) is 0.655. The lowest BCUT2D eigenvalue weighted by molar-refractivity contribution is -0.145. The second-order valence-corrected chi connectivity index (χ2v) is 6.42. The molecule has 3 rings (SSSR count). The summed E-state index contributed by atoms with van der Waals surface area (Å²) in [5.41, 5.74) is 2.87. The number of allylic oxidation sites excluding steroid dienone is 1. The Morgan fingerprint density at radius 1 is 1.04 bits per heavy atom. The molecule has 4 heteroatoms. The van der Waals surface area contributed by atoms with Crippen molar-refractivity contribution in [1.82, 2.24) is 5.32 Å². The molecule has 0 fully saturated rings. The molecule has 26 heavy (non-hydrogen) atoms. The Bertz CT molecular complexity index is 781. The van der Waals surface area contributed by atoms with Crippen molar-refractivity contribution in [2.24, 2.45) is 5.92 Å². The smallest absolute Gasteiger partial charge is 0.333 e. The molecule has 0 saturated carbocycles. The topological polar surface area (TPSA) is 55.4 Å². The molecule has 0 saturated heterocycles. The Balaban J connectivity index is 1.79. The Labute approximate surface area is 153 Å². The van der Waals surface area contributed by atoms with E-state index in [0.717, 1.165) is 30.4 Å². The summed E-state index contributed by atoms with van der Waals surface area (Å²) in [6, 6.07) is 16.8. The van der Waals surface area contributed by atoms with Crippen LogP contribution in [0.4, 0.5) is 0 Å². The van der Waals surface area contributed by atoms with Gasteiger partial charge in [0.2, 0.25) is 5.91 Å². The molecule has 0 heterocycles. The number of hydrogen-bond acceptors (Lipinski definition) is 3. The lowest BCUT2D eigenvalue weighted by atomic mass is 9.94. The van der Waals surface area contributed by atoms with Crippen LogP contribution in [0.25, 0.3) is 11.1 Å². The Morgan fingerprint density at radius 3 is 2.35 bits per heavy atom. The van der Waals surface area contributed by atoms with Crippen LogP contribution in [-0.4, -0.2) is 19.0 Å². The molecule has 0 aromatic heterocycles. The molecule has 0 aliphatic heterocycles. The van der Waals surface area contributed by atoms with Gasteiger partial charge in [0, 0.05) is 0 Å². The number of amides is 1. The van der Waals surface area contributed by atoms with Gasteiger partial charge in [-0.2, -0.15) is 0 Å². The van der Waals surface area contributed by atoms with Gasteiger partial charge in [-0.1, -0.05) is 66.7 Å². The van der Waals surface area contributed by atoms with Gasteiger partial charge in [0.25, 0.3) is 0 Å². The van der Waals surface area contributed by atoms with Gasteiger partial charge in [-0.25, -0.2) is 4.79 Å². The second-order valence-electron chi connectivity index (χ2n) is 6.42. The molecule has 0 radical (unpaired) electrons. The van der Waals surface area contributed by atoms with E-state index in [9.17, 15) is 9.59 Å². The summed E-state index contributed by atoms with van der Waals surface area (Å²) < 4.78 is 4.90. The van der Waals surface area contributed by atoms with Crippen molar-refractivity contribution in [1.29, 1.82) is 0 Å². The molecule has 2 unspecified atom stereocenters. The average Bonchev–Trinajstić information content (AvgIpc) is 2.72. The average molecular weight is 349 g/mol. The second kappa shape index (κ2) is 8.48. The number of nitrogens with one attached hydrogen (secondary N) is 1. The van der Waals surface area contributed by atoms with Crippen LogP contribution in [0.15, 0.2) is 66.7 Å². The summed E-state index contributed by atoms with van der Waals surface area (Å²) in [5, 5.41) is 2.85. The molecule has 1 aliphatic carbocycles. The summed E-state index contributed by atoms with van der Waals surface area (Å²) in [7, 11) is 1.33. The zero-order valence-electron chi connectivity index (χ0n) is 14.9. The SMILES string of the molecule is COC(=O)C(NC(=O)C1C=CCCC1)c1ccc(-c2ccccc2)cc1. The van der Waals surface area contributed by atoms with E-state index in [0.29, 0.717) is 5.56 Å². The zero-order chi connectivity index (χ0) is 18.4. The molecule has 2 atom stereocenters. The minimum absolute atomic E-state index is 0.136. The van der Waals surface area contributed by atoms with Gasteiger partial charge in [0.05, 0.1) is 13.0 Å². The third-order valence-electron chi connectivity index (χ3n) is 4.67. The van der Waals surface area contributed by atoms with Gasteiger partial charge in [-0.05, 0) is 36.0 Å². The van der Waals surface area contributed by atoms with E-state index in [-0.39, 0.29) is 11.8 Å². The number of ether oxygens (including phenoxy) is 1. The summed E-state index contributed by atoms with van der Waals surface area (Å²) >= 11 is 0. The Kier molecular flexibility index (Phi) is 5.84. The summed E-state index contributed by atoms with van der Waals surface area (Å²) in [6.07, 6.45) is 6.75. The van der Waals surface area contributed by atoms with E-state index in [1.807, 2.05) is 66.7 Å². The van der Waals surface area contributed by atoms with Crippen molar-refractivity contribution in [3.05, 3.63) is 72.3 Å². The molecule has 2 aromatic carbocycles. The van der Waals surface area contributed by atoms with Crippen molar-refractivity contribution in [3.63, 3.8) is 0 Å². The minimum atomic E-state index is -0.798. The predicted molar refractivity (Wildman–Crippen MR) is 101 cm³/mol. The van der Waals surface area contributed by atoms with Crippen LogP contribution in [0.3, 0.4) is 0 Å². The molecule has 0 bridgehead atoms. The van der Waals surface area contributed by atoms with Gasteiger partial charge in [-0.3, -0.25) is 4.79 Å². The maximum Gasteiger partial charge on any atom is 0.333 e. The molecular weight excluding hydrogens is 326 g/mol. The highest BCUT2D eigenvalue weighted by Crippen LogP contribution is 2.24. The zero-order valence-corrected chi connectivity index (χ0v) is 14.9. The van der Waals surface area contributed by atoms with Gasteiger partial charge in [0.15, 0.2) is 6.04 Å². The Morgan fingerprint density at radius 2 is 1.73 bits per heavy atom. The van der Waals surface area contributed by atoms with Crippen molar-refractivity contribution < 1.29 is 14.3 Å². The largest absolute Gasteiger partial charge is 0.467 e. The highest BCUT2D eigenvalue weighted by atomic mass is 16.5. The normalized spacial score (nSPS) is 17.3. The molecule has 0 spiro atoms. The maximum absolute atomic E-state index is 12.5. The lowest BCUT2D eigenvalue weighted by Gasteiger charge is -2.21. The molecule has 134 valence electrons. The molecular formula is C22H23NO3. The van der Waals surface area contributed by atoms with E-state index < -0.39 is 12.0 Å². The van der Waals surface area contributed by atoms with Crippen molar-refractivity contribution >= 4 is 11.9 Å². The van der Waals surface area contributed by atoms with Gasteiger partial charge in [-0.15, -0.1) is 0 Å². The summed E-state index contributed by atoms with van der Waals surface area (Å²) in [5.74, 6) is -0.784. The predicted octanol–water partition coefficient (Wildman–Crippen LogP) is 4.04. The van der Waals surface area contributed by atoms with Crippen molar-refractivity contribution in [3.8, 4) is 11.1 Å². The van der Waals surface area contributed by atoms with E-state index in [2.05, 4.69) is 5.32 Å². The van der Waals surface area contributed by atoms with Crippen LogP contribution < -0.4 is 5.32 Å². The monoisotopic (exact) mass is 349 g/mol. The first-order valence-corrected chi connectivity index (χ1v) is 8.89. The van der Waals surface area contributed by atoms with Crippen LogP contribution in [0.5, 0.6) is 0 Å². The van der Waals surface area contributed by atoms with Gasteiger partial charge in [0.1, 0.15) is 0 Å². The fraction of sp³-hybridized carbons (Fsp3) is 0.273. The number of methoxy groups -OCH3 is 1. The van der Waals surface area contributed by atoms with E-state index in [1.165, 1.54) is 7.11 Å². The first-order chi connectivity index (χ1) is 12.7. The molecule has 4 nitrogen and oxygen atoms in total. The molecule has 1 amide bonds. The molecule has 2 aromatic rings. The lowest BCUT2D eigenvalue weighted by Crippen LogP contribution is -2.38.